The molecule has 0 heterocycles. The van der Waals surface area contributed by atoms with E-state index in [4.69, 9.17) is 11.6 Å². The molecule has 4 nitrogen and oxygen atoms in total. The van der Waals surface area contributed by atoms with Crippen LogP contribution in [0.2, 0.25) is 0 Å². The molecule has 1 rings (SSSR count). The molecule has 1 aromatic rings. The van der Waals surface area contributed by atoms with Crippen LogP contribution in [0.3, 0.4) is 0 Å². The highest BCUT2D eigenvalue weighted by atomic mass is 35.5. The summed E-state index contributed by atoms with van der Waals surface area (Å²) in [5.41, 5.74) is 5.37. The van der Waals surface area contributed by atoms with Gasteiger partial charge in [0, 0.05) is 25.7 Å². The SMILES string of the molecule is Cc1ccc(NC(=O)NN(C)C)c(CCl)c1. The first-order valence-corrected chi connectivity index (χ1v) is 5.47. The van der Waals surface area contributed by atoms with Crippen molar-refractivity contribution in [2.45, 2.75) is 12.8 Å². The van der Waals surface area contributed by atoms with E-state index >= 15 is 0 Å². The molecule has 0 aliphatic rings. The van der Waals surface area contributed by atoms with Crippen LogP contribution in [-0.4, -0.2) is 25.1 Å². The molecule has 0 aliphatic heterocycles. The first-order valence-electron chi connectivity index (χ1n) is 4.93. The van der Waals surface area contributed by atoms with Gasteiger partial charge in [0.15, 0.2) is 0 Å². The van der Waals surface area contributed by atoms with Crippen LogP contribution in [-0.2, 0) is 5.88 Å². The average Bonchev–Trinajstić information content (AvgIpc) is 2.19. The second kappa shape index (κ2) is 5.72. The summed E-state index contributed by atoms with van der Waals surface area (Å²) in [5, 5.41) is 4.32. The third-order valence-corrected chi connectivity index (χ3v) is 2.27. The first-order chi connectivity index (χ1) is 7.52. The Labute approximate surface area is 101 Å². The summed E-state index contributed by atoms with van der Waals surface area (Å²) >= 11 is 5.81. The van der Waals surface area contributed by atoms with Gasteiger partial charge in [0.1, 0.15) is 0 Å². The Morgan fingerprint density at radius 1 is 1.44 bits per heavy atom. The van der Waals surface area contributed by atoms with Crippen LogP contribution >= 0.6 is 11.6 Å². The number of carbonyl (C=O) groups excluding carboxylic acids is 1. The molecule has 0 unspecified atom stereocenters. The number of hydrazine groups is 1. The van der Waals surface area contributed by atoms with E-state index in [0.717, 1.165) is 16.8 Å². The zero-order chi connectivity index (χ0) is 12.1. The Balaban J connectivity index is 2.76. The minimum atomic E-state index is -0.278. The number of nitrogens with zero attached hydrogens (tertiary/aromatic N) is 1. The van der Waals surface area contributed by atoms with E-state index in [0.29, 0.717) is 5.88 Å². The van der Waals surface area contributed by atoms with E-state index < -0.39 is 0 Å². The number of alkyl halides is 1. The molecule has 2 amide bonds. The van der Waals surface area contributed by atoms with Crippen molar-refractivity contribution in [1.29, 1.82) is 0 Å². The number of halogens is 1. The summed E-state index contributed by atoms with van der Waals surface area (Å²) in [4.78, 5) is 11.5. The largest absolute Gasteiger partial charge is 0.333 e. The molecule has 0 bridgehead atoms. The van der Waals surface area contributed by atoms with Gasteiger partial charge in [0.05, 0.1) is 0 Å². The standard InChI is InChI=1S/C11H16ClN3O/c1-8-4-5-10(9(6-8)7-12)13-11(16)14-15(2)3/h4-6H,7H2,1-3H3,(H2,13,14,16). The molecule has 2 N–H and O–H groups in total. The lowest BCUT2D eigenvalue weighted by Crippen LogP contribution is -2.39. The van der Waals surface area contributed by atoms with E-state index in [9.17, 15) is 4.79 Å². The highest BCUT2D eigenvalue weighted by Gasteiger charge is 2.06. The Bertz CT molecular complexity index is 379. The quantitative estimate of drug-likeness (QED) is 0.630. The van der Waals surface area contributed by atoms with Crippen LogP contribution in [0.25, 0.3) is 0 Å². The maximum absolute atomic E-state index is 11.5. The number of rotatable bonds is 3. The van der Waals surface area contributed by atoms with Gasteiger partial charge in [-0.2, -0.15) is 0 Å². The van der Waals surface area contributed by atoms with E-state index in [-0.39, 0.29) is 6.03 Å². The molecule has 1 aromatic carbocycles. The maximum atomic E-state index is 11.5. The van der Waals surface area contributed by atoms with Gasteiger partial charge < -0.3 is 5.32 Å². The fraction of sp³-hybridized carbons (Fsp3) is 0.364. The van der Waals surface area contributed by atoms with Crippen molar-refractivity contribution in [3.05, 3.63) is 29.3 Å². The molecule has 0 spiro atoms. The number of hydrogen-bond donors (Lipinski definition) is 2. The number of nitrogens with one attached hydrogen (secondary N) is 2. The number of amides is 2. The predicted molar refractivity (Wildman–Crippen MR) is 66.6 cm³/mol. The van der Waals surface area contributed by atoms with Crippen LogP contribution in [0.15, 0.2) is 18.2 Å². The molecule has 0 aromatic heterocycles. The summed E-state index contributed by atoms with van der Waals surface area (Å²) in [6, 6.07) is 5.46. The van der Waals surface area contributed by atoms with Crippen LogP contribution < -0.4 is 10.7 Å². The minimum Gasteiger partial charge on any atom is -0.307 e. The molecule has 0 aliphatic carbocycles. The highest BCUT2D eigenvalue weighted by molar-refractivity contribution is 6.17. The first kappa shape index (κ1) is 12.8. The summed E-state index contributed by atoms with van der Waals surface area (Å²) < 4.78 is 0. The Morgan fingerprint density at radius 2 is 2.12 bits per heavy atom. The van der Waals surface area contributed by atoms with Crippen molar-refractivity contribution in [2.24, 2.45) is 0 Å². The Hall–Kier alpha value is -1.26. The number of urea groups is 1. The van der Waals surface area contributed by atoms with Crippen molar-refractivity contribution < 1.29 is 4.79 Å². The van der Waals surface area contributed by atoms with Crippen molar-refractivity contribution in [3.8, 4) is 0 Å². The van der Waals surface area contributed by atoms with Crippen LogP contribution in [0.1, 0.15) is 11.1 Å². The van der Waals surface area contributed by atoms with Gasteiger partial charge in [-0.15, -0.1) is 11.6 Å². The van der Waals surface area contributed by atoms with E-state index in [1.54, 1.807) is 19.1 Å². The molecule has 5 heteroatoms. The summed E-state index contributed by atoms with van der Waals surface area (Å²) in [5.74, 6) is 0.374. The number of aryl methyl sites for hydroxylation is 1. The lowest BCUT2D eigenvalue weighted by atomic mass is 10.1. The topological polar surface area (TPSA) is 44.4 Å². The molecule has 0 fully saturated rings. The number of anilines is 1. The van der Waals surface area contributed by atoms with Crippen LogP contribution in [0.4, 0.5) is 10.5 Å². The molecule has 0 radical (unpaired) electrons. The van der Waals surface area contributed by atoms with Gasteiger partial charge in [-0.1, -0.05) is 17.7 Å². The van der Waals surface area contributed by atoms with Crippen molar-refractivity contribution >= 4 is 23.3 Å². The minimum absolute atomic E-state index is 0.278. The molecular weight excluding hydrogens is 226 g/mol. The molecule has 0 saturated carbocycles. The lowest BCUT2D eigenvalue weighted by Gasteiger charge is -2.14. The molecule has 0 saturated heterocycles. The molecule has 88 valence electrons. The van der Waals surface area contributed by atoms with Gasteiger partial charge >= 0.3 is 6.03 Å². The zero-order valence-corrected chi connectivity index (χ0v) is 10.4. The Kier molecular flexibility index (Phi) is 4.58. The predicted octanol–water partition coefficient (Wildman–Crippen LogP) is 2.33. The van der Waals surface area contributed by atoms with E-state index in [2.05, 4.69) is 10.7 Å². The fourth-order valence-electron chi connectivity index (χ4n) is 1.31. The van der Waals surface area contributed by atoms with Crippen molar-refractivity contribution in [2.75, 3.05) is 19.4 Å². The van der Waals surface area contributed by atoms with Gasteiger partial charge in [-0.3, -0.25) is 5.43 Å². The monoisotopic (exact) mass is 241 g/mol. The van der Waals surface area contributed by atoms with Crippen LogP contribution in [0.5, 0.6) is 0 Å². The zero-order valence-electron chi connectivity index (χ0n) is 9.67. The third kappa shape index (κ3) is 3.72. The van der Waals surface area contributed by atoms with Gasteiger partial charge in [-0.25, -0.2) is 9.80 Å². The molecule has 16 heavy (non-hydrogen) atoms. The third-order valence-electron chi connectivity index (χ3n) is 1.98. The maximum Gasteiger partial charge on any atom is 0.333 e. The average molecular weight is 242 g/mol. The second-order valence-electron chi connectivity index (χ2n) is 3.75. The number of hydrogen-bond acceptors (Lipinski definition) is 2. The Morgan fingerprint density at radius 3 is 2.69 bits per heavy atom. The molecular formula is C11H16ClN3O. The van der Waals surface area contributed by atoms with E-state index in [1.807, 2.05) is 25.1 Å². The lowest BCUT2D eigenvalue weighted by molar-refractivity contribution is 0.224. The normalized spacial score (nSPS) is 10.3. The fourth-order valence-corrected chi connectivity index (χ4v) is 1.53. The smallest absolute Gasteiger partial charge is 0.307 e. The van der Waals surface area contributed by atoms with Crippen molar-refractivity contribution in [1.82, 2.24) is 10.4 Å². The van der Waals surface area contributed by atoms with E-state index in [1.165, 1.54) is 0 Å². The van der Waals surface area contributed by atoms with Gasteiger partial charge in [0.2, 0.25) is 0 Å². The summed E-state index contributed by atoms with van der Waals surface area (Å²) in [6.07, 6.45) is 0. The molecule has 0 atom stereocenters. The van der Waals surface area contributed by atoms with Gasteiger partial charge in [-0.05, 0) is 18.6 Å². The van der Waals surface area contributed by atoms with Crippen LogP contribution in [0, 0.1) is 6.92 Å². The van der Waals surface area contributed by atoms with Gasteiger partial charge in [0.25, 0.3) is 0 Å². The number of benzene rings is 1. The number of carbonyl (C=O) groups is 1. The summed E-state index contributed by atoms with van der Waals surface area (Å²) in [6.45, 7) is 1.99. The van der Waals surface area contributed by atoms with Crippen molar-refractivity contribution in [3.63, 3.8) is 0 Å². The second-order valence-corrected chi connectivity index (χ2v) is 4.02. The summed E-state index contributed by atoms with van der Waals surface area (Å²) in [7, 11) is 3.49. The highest BCUT2D eigenvalue weighted by Crippen LogP contribution is 2.19.